The molecule has 1 N–H and O–H groups in total. The minimum atomic E-state index is -3.96. The Balaban J connectivity index is 2.18. The summed E-state index contributed by atoms with van der Waals surface area (Å²) in [6, 6.07) is 14.2. The summed E-state index contributed by atoms with van der Waals surface area (Å²) in [4.78, 5) is 12.2. The molecule has 0 radical (unpaired) electrons. The maximum Gasteiger partial charge on any atom is 0.349 e. The number of rotatable bonds is 5. The molecule has 0 fully saturated rings. The van der Waals surface area contributed by atoms with Gasteiger partial charge in [0.05, 0.1) is 12.8 Å². The summed E-state index contributed by atoms with van der Waals surface area (Å²) in [5.74, 6) is -0.662. The lowest BCUT2D eigenvalue weighted by Crippen LogP contribution is -2.17. The molecule has 0 saturated carbocycles. The van der Waals surface area contributed by atoms with Gasteiger partial charge in [-0.2, -0.15) is 0 Å². The third-order valence-electron chi connectivity index (χ3n) is 3.83. The van der Waals surface area contributed by atoms with Crippen LogP contribution in [0.15, 0.2) is 53.4 Å². The Hall–Kier alpha value is -2.38. The van der Waals surface area contributed by atoms with Crippen LogP contribution < -0.4 is 4.72 Å². The van der Waals surface area contributed by atoms with Gasteiger partial charge < -0.3 is 4.74 Å². The molecule has 5 nitrogen and oxygen atoms in total. The van der Waals surface area contributed by atoms with Crippen LogP contribution in [-0.2, 0) is 21.2 Å². The zero-order valence-electron chi connectivity index (χ0n) is 13.8. The molecule has 3 rings (SSSR count). The molecule has 0 unspecified atom stereocenters. The highest BCUT2D eigenvalue weighted by Crippen LogP contribution is 2.36. The van der Waals surface area contributed by atoms with E-state index in [1.54, 1.807) is 36.4 Å². The summed E-state index contributed by atoms with van der Waals surface area (Å²) in [6.07, 6.45) is 0.687. The van der Waals surface area contributed by atoms with E-state index < -0.39 is 16.0 Å². The van der Waals surface area contributed by atoms with Crippen LogP contribution in [0.5, 0.6) is 0 Å². The fourth-order valence-electron chi connectivity index (χ4n) is 2.64. The number of carbonyl (C=O) groups excluding carboxylic acids is 1. The fourth-order valence-corrected chi connectivity index (χ4v) is 5.56. The average Bonchev–Trinajstić information content (AvgIpc) is 3.01. The van der Waals surface area contributed by atoms with E-state index in [0.717, 1.165) is 16.9 Å². The number of para-hydroxylation sites is 1. The van der Waals surface area contributed by atoms with E-state index in [1.807, 2.05) is 19.1 Å². The number of fused-ring (bicyclic) bond motifs is 1. The van der Waals surface area contributed by atoms with Gasteiger partial charge in [0.15, 0.2) is 0 Å². The van der Waals surface area contributed by atoms with Crippen LogP contribution in [0.2, 0.25) is 0 Å². The van der Waals surface area contributed by atoms with Crippen LogP contribution in [0.1, 0.15) is 22.2 Å². The van der Waals surface area contributed by atoms with Crippen molar-refractivity contribution in [3.63, 3.8) is 0 Å². The Morgan fingerprint density at radius 1 is 1.12 bits per heavy atom. The largest absolute Gasteiger partial charge is 0.465 e. The van der Waals surface area contributed by atoms with Crippen molar-refractivity contribution >= 4 is 43.1 Å². The zero-order chi connectivity index (χ0) is 18.0. The number of hydrogen-bond acceptors (Lipinski definition) is 5. The summed E-state index contributed by atoms with van der Waals surface area (Å²) in [5.41, 5.74) is 1.39. The van der Waals surface area contributed by atoms with Crippen molar-refractivity contribution in [1.29, 1.82) is 0 Å². The van der Waals surface area contributed by atoms with Crippen LogP contribution in [0.3, 0.4) is 0 Å². The first-order valence-corrected chi connectivity index (χ1v) is 9.98. The SMILES string of the molecule is CCc1ccccc1NS(=O)(=O)c1c(C(=O)OC)sc2ccccc12. The second-order valence-corrected chi connectivity index (χ2v) is 8.04. The Labute approximate surface area is 150 Å². The summed E-state index contributed by atoms with van der Waals surface area (Å²) in [5, 5.41) is 0.509. The monoisotopic (exact) mass is 375 g/mol. The summed E-state index contributed by atoms with van der Waals surface area (Å²) >= 11 is 1.11. The molecule has 1 heterocycles. The van der Waals surface area contributed by atoms with Gasteiger partial charge in [-0.05, 0) is 24.1 Å². The Kier molecular flexibility index (Phi) is 4.78. The smallest absolute Gasteiger partial charge is 0.349 e. The average molecular weight is 375 g/mol. The quantitative estimate of drug-likeness (QED) is 0.683. The normalized spacial score (nSPS) is 11.4. The van der Waals surface area contributed by atoms with Gasteiger partial charge in [-0.3, -0.25) is 4.72 Å². The number of esters is 1. The number of nitrogens with one attached hydrogen (secondary N) is 1. The van der Waals surface area contributed by atoms with Gasteiger partial charge in [-0.15, -0.1) is 11.3 Å². The van der Waals surface area contributed by atoms with Gasteiger partial charge in [0.25, 0.3) is 10.0 Å². The van der Waals surface area contributed by atoms with Crippen molar-refractivity contribution in [2.75, 3.05) is 11.8 Å². The minimum Gasteiger partial charge on any atom is -0.465 e. The fraction of sp³-hybridized carbons (Fsp3) is 0.167. The molecule has 0 aliphatic carbocycles. The van der Waals surface area contributed by atoms with Crippen molar-refractivity contribution in [3.8, 4) is 0 Å². The Morgan fingerprint density at radius 3 is 2.52 bits per heavy atom. The Bertz CT molecular complexity index is 1040. The molecular weight excluding hydrogens is 358 g/mol. The minimum absolute atomic E-state index is 0.0362. The molecule has 0 atom stereocenters. The third kappa shape index (κ3) is 3.25. The first-order chi connectivity index (χ1) is 12.0. The van der Waals surface area contributed by atoms with E-state index in [2.05, 4.69) is 4.72 Å². The predicted octanol–water partition coefficient (Wildman–Crippen LogP) is 4.05. The van der Waals surface area contributed by atoms with E-state index in [-0.39, 0.29) is 9.77 Å². The number of hydrogen-bond donors (Lipinski definition) is 1. The van der Waals surface area contributed by atoms with Crippen LogP contribution in [-0.4, -0.2) is 21.5 Å². The van der Waals surface area contributed by atoms with Crippen molar-refractivity contribution < 1.29 is 17.9 Å². The number of anilines is 1. The lowest BCUT2D eigenvalue weighted by Gasteiger charge is -2.12. The lowest BCUT2D eigenvalue weighted by molar-refractivity contribution is 0.0602. The predicted molar refractivity (Wildman–Crippen MR) is 99.8 cm³/mol. The maximum atomic E-state index is 13.1. The molecule has 25 heavy (non-hydrogen) atoms. The first-order valence-electron chi connectivity index (χ1n) is 7.68. The van der Waals surface area contributed by atoms with Crippen LogP contribution >= 0.6 is 11.3 Å². The summed E-state index contributed by atoms with van der Waals surface area (Å²) < 4.78 is 34.3. The van der Waals surface area contributed by atoms with Crippen LogP contribution in [0, 0.1) is 0 Å². The maximum absolute atomic E-state index is 13.1. The molecule has 1 aromatic heterocycles. The number of thiophene rings is 1. The highest BCUT2D eigenvalue weighted by Gasteiger charge is 2.29. The number of ether oxygens (including phenoxy) is 1. The number of aryl methyl sites for hydroxylation is 1. The van der Waals surface area contributed by atoms with Crippen molar-refractivity contribution in [1.82, 2.24) is 0 Å². The van der Waals surface area contributed by atoms with Gasteiger partial charge in [-0.25, -0.2) is 13.2 Å². The van der Waals surface area contributed by atoms with E-state index in [0.29, 0.717) is 22.2 Å². The third-order valence-corrected chi connectivity index (χ3v) is 6.56. The molecule has 2 aromatic carbocycles. The molecule has 0 bridgehead atoms. The molecule has 3 aromatic rings. The van der Waals surface area contributed by atoms with E-state index in [4.69, 9.17) is 4.74 Å². The number of benzene rings is 2. The number of methoxy groups -OCH3 is 1. The van der Waals surface area contributed by atoms with Gasteiger partial charge >= 0.3 is 5.97 Å². The standard InChI is InChI=1S/C18H17NO4S2/c1-3-12-8-4-6-10-14(12)19-25(21,22)17-13-9-5-7-11-15(13)24-16(17)18(20)23-2/h4-11,19H,3H2,1-2H3. The van der Waals surface area contributed by atoms with E-state index in [9.17, 15) is 13.2 Å². The lowest BCUT2D eigenvalue weighted by atomic mass is 10.1. The number of sulfonamides is 1. The van der Waals surface area contributed by atoms with Gasteiger partial charge in [0.2, 0.25) is 0 Å². The van der Waals surface area contributed by atoms with Crippen molar-refractivity contribution in [2.45, 2.75) is 18.2 Å². The molecule has 7 heteroatoms. The van der Waals surface area contributed by atoms with E-state index in [1.165, 1.54) is 7.11 Å². The molecule has 0 spiro atoms. The van der Waals surface area contributed by atoms with Crippen molar-refractivity contribution in [2.24, 2.45) is 0 Å². The second kappa shape index (κ2) is 6.85. The first kappa shape index (κ1) is 17.4. The van der Waals surface area contributed by atoms with Gasteiger partial charge in [0.1, 0.15) is 9.77 Å². The van der Waals surface area contributed by atoms with Crippen molar-refractivity contribution in [3.05, 3.63) is 59.0 Å². The number of carbonyl (C=O) groups is 1. The zero-order valence-corrected chi connectivity index (χ0v) is 15.4. The molecular formula is C18H17NO4S2. The van der Waals surface area contributed by atoms with Crippen LogP contribution in [0.25, 0.3) is 10.1 Å². The second-order valence-electron chi connectivity index (χ2n) is 5.36. The van der Waals surface area contributed by atoms with E-state index >= 15 is 0 Å². The highest BCUT2D eigenvalue weighted by atomic mass is 32.2. The molecule has 130 valence electrons. The van der Waals surface area contributed by atoms with Crippen LogP contribution in [0.4, 0.5) is 5.69 Å². The summed E-state index contributed by atoms with van der Waals surface area (Å²) in [6.45, 7) is 1.95. The van der Waals surface area contributed by atoms with Gasteiger partial charge in [-0.1, -0.05) is 43.3 Å². The molecule has 0 amide bonds. The van der Waals surface area contributed by atoms with Gasteiger partial charge in [0, 0.05) is 10.1 Å². The summed E-state index contributed by atoms with van der Waals surface area (Å²) in [7, 11) is -2.72. The Morgan fingerprint density at radius 2 is 1.80 bits per heavy atom. The molecule has 0 aliphatic rings. The molecule has 0 aliphatic heterocycles. The molecule has 0 saturated heterocycles. The topological polar surface area (TPSA) is 72.5 Å². The highest BCUT2D eigenvalue weighted by molar-refractivity contribution is 7.93.